The van der Waals surface area contributed by atoms with E-state index in [2.05, 4.69) is 12.3 Å². The summed E-state index contributed by atoms with van der Waals surface area (Å²) in [6, 6.07) is 0. The number of aliphatic hydroxyl groups is 3. The Labute approximate surface area is 117 Å². The number of nitrogens with one attached hydrogen (secondary N) is 1. The van der Waals surface area contributed by atoms with Gasteiger partial charge in [-0.2, -0.15) is 4.39 Å². The minimum absolute atomic E-state index is 0.548. The Hall–Kier alpha value is -2.03. The predicted molar refractivity (Wildman–Crippen MR) is 66.9 cm³/mol. The van der Waals surface area contributed by atoms with Crippen molar-refractivity contribution >= 4 is 0 Å². The summed E-state index contributed by atoms with van der Waals surface area (Å²) in [5.41, 5.74) is -2.06. The summed E-state index contributed by atoms with van der Waals surface area (Å²) in [5, 5.41) is 29.6. The molecular weight excluding hydrogens is 287 g/mol. The maximum Gasteiger partial charge on any atom is 0.330 e. The molecule has 4 atom stereocenters. The molecule has 4 N–H and O–H groups in total. The van der Waals surface area contributed by atoms with Crippen LogP contribution in [0.4, 0.5) is 4.39 Å². The van der Waals surface area contributed by atoms with E-state index in [9.17, 15) is 29.3 Å². The maximum atomic E-state index is 13.3. The fourth-order valence-corrected chi connectivity index (χ4v) is 2.17. The van der Waals surface area contributed by atoms with Gasteiger partial charge in [0.15, 0.2) is 6.23 Å². The Morgan fingerprint density at radius 3 is 2.86 bits per heavy atom. The summed E-state index contributed by atoms with van der Waals surface area (Å²) in [6.45, 7) is 2.57. The molecule has 0 amide bonds. The largest absolute Gasteiger partial charge is 0.394 e. The first kappa shape index (κ1) is 15.4. The molecule has 1 aliphatic heterocycles. The molecule has 114 valence electrons. The van der Waals surface area contributed by atoms with Crippen molar-refractivity contribution in [3.63, 3.8) is 0 Å². The third kappa shape index (κ3) is 2.37. The van der Waals surface area contributed by atoms with Gasteiger partial charge < -0.3 is 20.1 Å². The van der Waals surface area contributed by atoms with Crippen molar-refractivity contribution in [3.8, 4) is 0 Å². The van der Waals surface area contributed by atoms with Gasteiger partial charge in [-0.3, -0.25) is 14.3 Å². The molecule has 0 spiro atoms. The van der Waals surface area contributed by atoms with E-state index >= 15 is 0 Å². The van der Waals surface area contributed by atoms with Crippen LogP contribution in [0.15, 0.2) is 34.2 Å². The number of H-pyrrole nitrogens is 1. The molecule has 0 aliphatic carbocycles. The Morgan fingerprint density at radius 2 is 2.29 bits per heavy atom. The summed E-state index contributed by atoms with van der Waals surface area (Å²) in [5.74, 6) is -1.26. The Balaban J connectivity index is 2.52. The van der Waals surface area contributed by atoms with Crippen LogP contribution in [-0.2, 0) is 4.74 Å². The number of hydrogen-bond acceptors (Lipinski definition) is 6. The number of halogens is 1. The lowest BCUT2D eigenvalue weighted by Crippen LogP contribution is -2.48. The number of rotatable bonds is 3. The third-order valence-electron chi connectivity index (χ3n) is 3.26. The lowest BCUT2D eigenvalue weighted by atomic mass is 9.92. The van der Waals surface area contributed by atoms with Crippen molar-refractivity contribution in [3.05, 3.63) is 51.2 Å². The van der Waals surface area contributed by atoms with E-state index in [0.29, 0.717) is 10.8 Å². The second-order valence-electron chi connectivity index (χ2n) is 4.52. The molecule has 2 heterocycles. The summed E-state index contributed by atoms with van der Waals surface area (Å²) in [7, 11) is 0. The number of aromatic nitrogens is 2. The number of aromatic amines is 1. The molecule has 1 aromatic heterocycles. The summed E-state index contributed by atoms with van der Waals surface area (Å²) in [4.78, 5) is 24.3. The fourth-order valence-electron chi connectivity index (χ4n) is 2.17. The monoisotopic (exact) mass is 300 g/mol. The highest BCUT2D eigenvalue weighted by molar-refractivity contribution is 5.14. The molecule has 2 rings (SSSR count). The summed E-state index contributed by atoms with van der Waals surface area (Å²) >= 11 is 0. The van der Waals surface area contributed by atoms with Gasteiger partial charge in [-0.05, 0) is 6.08 Å². The van der Waals surface area contributed by atoms with Gasteiger partial charge in [0, 0.05) is 0 Å². The van der Waals surface area contributed by atoms with Crippen LogP contribution in [-0.4, -0.2) is 49.3 Å². The number of nitrogens with zero attached hydrogens (tertiary/aromatic N) is 1. The minimum Gasteiger partial charge on any atom is -0.394 e. The molecule has 8 nitrogen and oxygen atoms in total. The maximum absolute atomic E-state index is 13.3. The average Bonchev–Trinajstić information content (AvgIpc) is 2.67. The summed E-state index contributed by atoms with van der Waals surface area (Å²) < 4.78 is 19.0. The molecule has 9 heteroatoms. The van der Waals surface area contributed by atoms with E-state index in [1.54, 1.807) is 4.98 Å². The van der Waals surface area contributed by atoms with Crippen LogP contribution < -0.4 is 11.2 Å². The normalized spacial score (nSPS) is 31.9. The zero-order valence-electron chi connectivity index (χ0n) is 10.7. The first-order valence-corrected chi connectivity index (χ1v) is 5.90. The molecule has 0 bridgehead atoms. The van der Waals surface area contributed by atoms with Gasteiger partial charge in [0.1, 0.15) is 17.8 Å². The second kappa shape index (κ2) is 5.40. The number of hydrogen-bond donors (Lipinski definition) is 4. The molecule has 0 aromatic carbocycles. The molecule has 21 heavy (non-hydrogen) atoms. The zero-order valence-corrected chi connectivity index (χ0v) is 10.7. The zero-order chi connectivity index (χ0) is 15.8. The van der Waals surface area contributed by atoms with E-state index in [4.69, 9.17) is 4.74 Å². The van der Waals surface area contributed by atoms with Crippen molar-refractivity contribution in [2.24, 2.45) is 0 Å². The Kier molecular flexibility index (Phi) is 3.95. The number of ether oxygens (including phenoxy) is 1. The first-order chi connectivity index (χ1) is 9.85. The average molecular weight is 300 g/mol. The lowest BCUT2D eigenvalue weighted by Gasteiger charge is -2.25. The van der Waals surface area contributed by atoms with Crippen molar-refractivity contribution in [2.75, 3.05) is 6.61 Å². The fraction of sp³-hybridized carbons (Fsp3) is 0.417. The smallest absolute Gasteiger partial charge is 0.330 e. The van der Waals surface area contributed by atoms with E-state index in [1.165, 1.54) is 0 Å². The van der Waals surface area contributed by atoms with Crippen molar-refractivity contribution in [1.29, 1.82) is 0 Å². The standard InChI is InChI=1S/C12H13FN2O6/c1-2-3-12(20)7(5-16)21-10(8(12)17)15-4-6(13)9(18)14-11(15)19/h3-4,7-8,10,16-17,20H,1,5H2,(H,14,18,19)/t7-,8+,10-,12-/m1/s1. The van der Waals surface area contributed by atoms with Gasteiger partial charge in [-0.15, -0.1) is 5.73 Å². The predicted octanol–water partition coefficient (Wildman–Crippen LogP) is -2.00. The first-order valence-electron chi connectivity index (χ1n) is 5.90. The Bertz CT molecular complexity index is 706. The van der Waals surface area contributed by atoms with Crippen molar-refractivity contribution in [2.45, 2.75) is 24.0 Å². The van der Waals surface area contributed by atoms with Crippen LogP contribution in [0.1, 0.15) is 6.23 Å². The molecule has 0 radical (unpaired) electrons. The second-order valence-corrected chi connectivity index (χ2v) is 4.52. The minimum atomic E-state index is -2.06. The van der Waals surface area contributed by atoms with Gasteiger partial charge >= 0.3 is 5.69 Å². The molecular formula is C12H13FN2O6. The lowest BCUT2D eigenvalue weighted by molar-refractivity contribution is -0.0657. The molecule has 0 unspecified atom stereocenters. The Morgan fingerprint density at radius 1 is 1.62 bits per heavy atom. The molecule has 0 saturated carbocycles. The topological polar surface area (TPSA) is 125 Å². The quantitative estimate of drug-likeness (QED) is 0.478. The highest BCUT2D eigenvalue weighted by Crippen LogP contribution is 2.37. The highest BCUT2D eigenvalue weighted by Gasteiger charge is 2.54. The van der Waals surface area contributed by atoms with Crippen LogP contribution in [0.2, 0.25) is 0 Å². The molecule has 1 fully saturated rings. The van der Waals surface area contributed by atoms with E-state index in [0.717, 1.165) is 6.08 Å². The third-order valence-corrected chi connectivity index (χ3v) is 3.26. The highest BCUT2D eigenvalue weighted by atomic mass is 19.1. The van der Waals surface area contributed by atoms with Crippen LogP contribution in [0.25, 0.3) is 0 Å². The van der Waals surface area contributed by atoms with Gasteiger partial charge in [-0.1, -0.05) is 6.58 Å². The molecule has 1 saturated heterocycles. The van der Waals surface area contributed by atoms with Crippen LogP contribution in [0.3, 0.4) is 0 Å². The van der Waals surface area contributed by atoms with E-state index in [1.807, 2.05) is 0 Å². The molecule has 1 aromatic rings. The van der Waals surface area contributed by atoms with E-state index < -0.39 is 47.7 Å². The van der Waals surface area contributed by atoms with E-state index in [-0.39, 0.29) is 0 Å². The van der Waals surface area contributed by atoms with Crippen LogP contribution >= 0.6 is 0 Å². The molecule has 1 aliphatic rings. The van der Waals surface area contributed by atoms with Gasteiger partial charge in [-0.25, -0.2) is 4.79 Å². The van der Waals surface area contributed by atoms with Gasteiger partial charge in [0.05, 0.1) is 12.8 Å². The van der Waals surface area contributed by atoms with Crippen molar-refractivity contribution < 1.29 is 24.4 Å². The SMILES string of the molecule is C=C=C[C@@]1(O)[C@@H](CO)O[C@@H](n2cc(F)c(=O)[nH]c2=O)[C@@H]1O. The van der Waals surface area contributed by atoms with Crippen molar-refractivity contribution in [1.82, 2.24) is 9.55 Å². The van der Waals surface area contributed by atoms with Gasteiger partial charge in [0.2, 0.25) is 5.82 Å². The van der Waals surface area contributed by atoms with Crippen LogP contribution in [0, 0.1) is 5.82 Å². The summed E-state index contributed by atoms with van der Waals surface area (Å²) in [6.07, 6.45) is -2.98. The van der Waals surface area contributed by atoms with Gasteiger partial charge in [0.25, 0.3) is 5.56 Å². The van der Waals surface area contributed by atoms with Crippen LogP contribution in [0.5, 0.6) is 0 Å². The number of aliphatic hydroxyl groups excluding tert-OH is 2.